The first-order valence-corrected chi connectivity index (χ1v) is 13.6. The lowest BCUT2D eigenvalue weighted by Crippen LogP contribution is -2.50. The average Bonchev–Trinajstić information content (AvgIpc) is 3.57. The van der Waals surface area contributed by atoms with Gasteiger partial charge in [-0.3, -0.25) is 4.84 Å². The molecule has 196 valence electrons. The van der Waals surface area contributed by atoms with Crippen molar-refractivity contribution >= 4 is 16.1 Å². The fourth-order valence-corrected chi connectivity index (χ4v) is 6.08. The highest BCUT2D eigenvalue weighted by Gasteiger charge is 2.44. The number of aromatic hydroxyl groups is 1. The fraction of sp³-hybridized carbons (Fsp3) is 0.696. The quantitative estimate of drug-likeness (QED) is 0.399. The van der Waals surface area contributed by atoms with Gasteiger partial charge in [0, 0.05) is 0 Å². The van der Waals surface area contributed by atoms with Crippen LogP contribution in [0.4, 0.5) is 4.79 Å². The molecule has 11 nitrogen and oxygen atoms in total. The topological polar surface area (TPSA) is 144 Å². The summed E-state index contributed by atoms with van der Waals surface area (Å²) in [4.78, 5) is 18.2. The first kappa shape index (κ1) is 26.1. The molecule has 4 rings (SSSR count). The molecule has 1 unspecified atom stereocenters. The third-order valence-electron chi connectivity index (χ3n) is 6.74. The van der Waals surface area contributed by atoms with Crippen LogP contribution in [0.5, 0.6) is 5.75 Å². The maximum atomic E-state index is 13.3. The molecule has 35 heavy (non-hydrogen) atoms. The number of carbonyl (C=O) groups is 1. The summed E-state index contributed by atoms with van der Waals surface area (Å²) in [7, 11) is -4.19. The number of carbonyl (C=O) groups excluding carboxylic acids is 1. The number of alkyl carbamates (subject to hydrolysis) is 1. The van der Waals surface area contributed by atoms with E-state index < -0.39 is 40.9 Å². The number of amides is 1. The van der Waals surface area contributed by atoms with E-state index in [9.17, 15) is 23.4 Å². The maximum Gasteiger partial charge on any atom is 0.407 e. The van der Waals surface area contributed by atoms with Crippen LogP contribution in [0, 0.1) is 5.92 Å². The van der Waals surface area contributed by atoms with Gasteiger partial charge in [-0.25, -0.2) is 13.2 Å². The molecule has 0 spiro atoms. The van der Waals surface area contributed by atoms with E-state index in [2.05, 4.69) is 5.32 Å². The van der Waals surface area contributed by atoms with Crippen molar-refractivity contribution in [1.82, 2.24) is 9.79 Å². The summed E-state index contributed by atoms with van der Waals surface area (Å²) < 4.78 is 43.9. The van der Waals surface area contributed by atoms with Crippen molar-refractivity contribution < 1.29 is 42.5 Å². The van der Waals surface area contributed by atoms with Gasteiger partial charge in [0.2, 0.25) is 0 Å². The van der Waals surface area contributed by atoms with Crippen molar-refractivity contribution in [2.45, 2.75) is 81.0 Å². The van der Waals surface area contributed by atoms with Gasteiger partial charge < -0.3 is 29.7 Å². The normalized spacial score (nSPS) is 26.5. The van der Waals surface area contributed by atoms with Crippen LogP contribution in [-0.2, 0) is 29.1 Å². The van der Waals surface area contributed by atoms with E-state index in [0.717, 1.165) is 29.8 Å². The largest absolute Gasteiger partial charge is 0.508 e. The Labute approximate surface area is 205 Å². The number of aliphatic hydroxyl groups excluding tert-OH is 1. The molecule has 2 heterocycles. The van der Waals surface area contributed by atoms with Crippen LogP contribution in [-0.4, -0.2) is 79.6 Å². The Hall–Kier alpha value is -1.96. The highest BCUT2D eigenvalue weighted by atomic mass is 32.2. The van der Waals surface area contributed by atoms with Crippen LogP contribution in [0.15, 0.2) is 29.2 Å². The predicted octanol–water partition coefficient (Wildman–Crippen LogP) is 1.88. The number of aliphatic hydroxyl groups is 1. The van der Waals surface area contributed by atoms with Crippen LogP contribution in [0.25, 0.3) is 0 Å². The summed E-state index contributed by atoms with van der Waals surface area (Å²) in [5, 5.41) is 23.3. The van der Waals surface area contributed by atoms with Crippen molar-refractivity contribution in [1.29, 1.82) is 0 Å². The van der Waals surface area contributed by atoms with Crippen LogP contribution in [0.1, 0.15) is 45.4 Å². The number of phenols is 1. The van der Waals surface area contributed by atoms with E-state index in [-0.39, 0.29) is 35.6 Å². The fourth-order valence-electron chi connectivity index (χ4n) is 4.74. The lowest BCUT2D eigenvalue weighted by molar-refractivity contribution is -0.145. The number of nitrogens with one attached hydrogen (secondary N) is 1. The number of hydroxylamine groups is 1. The molecular weight excluding hydrogens is 480 g/mol. The second-order valence-corrected chi connectivity index (χ2v) is 11.0. The van der Waals surface area contributed by atoms with E-state index in [1.54, 1.807) is 6.92 Å². The summed E-state index contributed by atoms with van der Waals surface area (Å²) in [6.07, 6.45) is 1.26. The SMILES string of the molecule is CC[C@H](NC(=O)OC1CO[C@H]2OCC[C@@H]12)[C@H](O)CN(OC1CCCC1)S(=O)(=O)c1cccc(O)c1. The highest BCUT2D eigenvalue weighted by molar-refractivity contribution is 7.89. The van der Waals surface area contributed by atoms with Crippen LogP contribution in [0.3, 0.4) is 0 Å². The van der Waals surface area contributed by atoms with Crippen molar-refractivity contribution in [3.05, 3.63) is 24.3 Å². The maximum absolute atomic E-state index is 13.3. The van der Waals surface area contributed by atoms with Gasteiger partial charge >= 0.3 is 6.09 Å². The van der Waals surface area contributed by atoms with Gasteiger partial charge in [-0.05, 0) is 43.9 Å². The molecule has 1 aromatic rings. The zero-order valence-electron chi connectivity index (χ0n) is 19.7. The second-order valence-electron chi connectivity index (χ2n) is 9.19. The monoisotopic (exact) mass is 514 g/mol. The molecule has 1 aliphatic carbocycles. The van der Waals surface area contributed by atoms with Gasteiger partial charge in [0.05, 0.1) is 48.8 Å². The Bertz CT molecular complexity index is 969. The van der Waals surface area contributed by atoms with Crippen molar-refractivity contribution in [2.75, 3.05) is 19.8 Å². The molecule has 0 radical (unpaired) electrons. The second kappa shape index (κ2) is 11.4. The standard InChI is InChI=1S/C23H34N2O9S/c1-2-19(24-23(28)33-21-14-32-22-18(21)10-11-31-22)20(27)13-25(34-16-7-3-4-8-16)35(29,30)17-9-5-6-15(26)12-17/h5-6,9,12,16,18-22,26-27H,2-4,7-8,10-11,13-14H2,1H3,(H,24,28)/t18-,19-,20+,21?,22+/m0/s1. The summed E-state index contributed by atoms with van der Waals surface area (Å²) in [5.41, 5.74) is 0. The van der Waals surface area contributed by atoms with Crippen LogP contribution >= 0.6 is 0 Å². The Morgan fingerprint density at radius 3 is 2.74 bits per heavy atom. The van der Waals surface area contributed by atoms with Gasteiger partial charge in [0.1, 0.15) is 11.9 Å². The molecule has 3 aliphatic rings. The summed E-state index contributed by atoms with van der Waals surface area (Å²) in [5.74, 6) is -0.220. The van der Waals surface area contributed by atoms with Crippen LogP contribution < -0.4 is 5.32 Å². The van der Waals surface area contributed by atoms with Gasteiger partial charge in [0.15, 0.2) is 6.29 Å². The van der Waals surface area contributed by atoms with E-state index in [0.29, 0.717) is 25.9 Å². The van der Waals surface area contributed by atoms with Crippen molar-refractivity contribution in [2.24, 2.45) is 5.92 Å². The van der Waals surface area contributed by atoms with Gasteiger partial charge in [-0.2, -0.15) is 0 Å². The molecule has 1 aromatic carbocycles. The first-order chi connectivity index (χ1) is 16.8. The molecule has 3 N–H and O–H groups in total. The molecule has 2 saturated heterocycles. The van der Waals surface area contributed by atoms with Gasteiger partial charge in [0.25, 0.3) is 10.0 Å². The van der Waals surface area contributed by atoms with E-state index in [4.69, 9.17) is 19.0 Å². The minimum absolute atomic E-state index is 0.0199. The highest BCUT2D eigenvalue weighted by Crippen LogP contribution is 2.33. The molecule has 0 bridgehead atoms. The zero-order chi connectivity index (χ0) is 25.0. The number of phenolic OH excluding ortho intramolecular Hbond substituents is 1. The zero-order valence-corrected chi connectivity index (χ0v) is 20.6. The number of nitrogens with zero attached hydrogens (tertiary/aromatic N) is 1. The molecule has 12 heteroatoms. The summed E-state index contributed by atoms with van der Waals surface area (Å²) in [6.45, 7) is 2.16. The molecule has 1 amide bonds. The smallest absolute Gasteiger partial charge is 0.407 e. The number of fused-ring (bicyclic) bond motifs is 1. The number of hydrogen-bond donors (Lipinski definition) is 3. The first-order valence-electron chi connectivity index (χ1n) is 12.1. The number of sulfonamides is 1. The Morgan fingerprint density at radius 2 is 2.03 bits per heavy atom. The number of hydrogen-bond acceptors (Lipinski definition) is 9. The molecule has 5 atom stereocenters. The predicted molar refractivity (Wildman–Crippen MR) is 123 cm³/mol. The Balaban J connectivity index is 1.42. The molecule has 2 aliphatic heterocycles. The lowest BCUT2D eigenvalue weighted by atomic mass is 10.0. The third-order valence-corrected chi connectivity index (χ3v) is 8.36. The minimum Gasteiger partial charge on any atom is -0.508 e. The van der Waals surface area contributed by atoms with Crippen LogP contribution in [0.2, 0.25) is 0 Å². The van der Waals surface area contributed by atoms with Crippen molar-refractivity contribution in [3.8, 4) is 5.75 Å². The molecule has 0 aromatic heterocycles. The van der Waals surface area contributed by atoms with Crippen molar-refractivity contribution in [3.63, 3.8) is 0 Å². The lowest BCUT2D eigenvalue weighted by Gasteiger charge is -2.30. The third kappa shape index (κ3) is 6.25. The minimum atomic E-state index is -4.19. The van der Waals surface area contributed by atoms with E-state index in [1.165, 1.54) is 18.2 Å². The Kier molecular flexibility index (Phi) is 8.50. The van der Waals surface area contributed by atoms with Gasteiger partial charge in [-0.1, -0.05) is 30.3 Å². The molecule has 1 saturated carbocycles. The summed E-state index contributed by atoms with van der Waals surface area (Å²) in [6, 6.07) is 4.49. The summed E-state index contributed by atoms with van der Waals surface area (Å²) >= 11 is 0. The molecule has 3 fully saturated rings. The Morgan fingerprint density at radius 1 is 1.26 bits per heavy atom. The van der Waals surface area contributed by atoms with Gasteiger partial charge in [-0.15, -0.1) is 0 Å². The number of benzene rings is 1. The number of ether oxygens (including phenoxy) is 3. The molecular formula is C23H34N2O9S. The van der Waals surface area contributed by atoms with E-state index in [1.807, 2.05) is 0 Å². The average molecular weight is 515 g/mol. The van der Waals surface area contributed by atoms with E-state index >= 15 is 0 Å². The number of rotatable bonds is 10.